The second-order valence-electron chi connectivity index (χ2n) is 6.57. The fraction of sp³-hybridized carbons (Fsp3) is 0.364. The standard InChI is InChI=1S/C22H28O/c1-17(2)15-20-9-12-21(18(3)16-20)8-6-5-7-19-10-13-22(23-4)14-11-19/h5,7,9-14,16-17H,6,8,15H2,1-4H3/b7-5+. The van der Waals surface area contributed by atoms with Gasteiger partial charge in [-0.1, -0.05) is 56.3 Å². The average Bonchev–Trinajstić information content (AvgIpc) is 2.53. The van der Waals surface area contributed by atoms with Crippen LogP contribution in [0.4, 0.5) is 0 Å². The van der Waals surface area contributed by atoms with E-state index in [9.17, 15) is 0 Å². The van der Waals surface area contributed by atoms with Gasteiger partial charge < -0.3 is 4.74 Å². The van der Waals surface area contributed by atoms with Crippen molar-refractivity contribution in [1.82, 2.24) is 0 Å². The van der Waals surface area contributed by atoms with Crippen LogP contribution in [0.25, 0.3) is 6.08 Å². The van der Waals surface area contributed by atoms with Gasteiger partial charge in [0.2, 0.25) is 0 Å². The first-order chi connectivity index (χ1) is 11.1. The fourth-order valence-corrected chi connectivity index (χ4v) is 2.81. The zero-order chi connectivity index (χ0) is 16.7. The average molecular weight is 308 g/mol. The zero-order valence-corrected chi connectivity index (χ0v) is 14.8. The lowest BCUT2D eigenvalue weighted by Gasteiger charge is -2.09. The Morgan fingerprint density at radius 1 is 1.04 bits per heavy atom. The Morgan fingerprint density at radius 3 is 2.39 bits per heavy atom. The van der Waals surface area contributed by atoms with E-state index in [1.807, 2.05) is 12.1 Å². The largest absolute Gasteiger partial charge is 0.497 e. The lowest BCUT2D eigenvalue weighted by atomic mass is 9.96. The number of ether oxygens (including phenoxy) is 1. The smallest absolute Gasteiger partial charge is 0.118 e. The molecule has 0 heterocycles. The van der Waals surface area contributed by atoms with Crippen molar-refractivity contribution in [2.45, 2.75) is 40.0 Å². The third-order valence-electron chi connectivity index (χ3n) is 4.06. The van der Waals surface area contributed by atoms with E-state index < -0.39 is 0 Å². The summed E-state index contributed by atoms with van der Waals surface area (Å²) in [6.45, 7) is 6.77. The van der Waals surface area contributed by atoms with E-state index in [2.05, 4.69) is 63.3 Å². The van der Waals surface area contributed by atoms with Crippen LogP contribution in [-0.4, -0.2) is 7.11 Å². The molecular weight excluding hydrogens is 280 g/mol. The molecule has 2 aromatic rings. The number of hydrogen-bond acceptors (Lipinski definition) is 1. The highest BCUT2D eigenvalue weighted by Gasteiger charge is 2.02. The molecule has 23 heavy (non-hydrogen) atoms. The summed E-state index contributed by atoms with van der Waals surface area (Å²) < 4.78 is 5.18. The second-order valence-corrected chi connectivity index (χ2v) is 6.57. The van der Waals surface area contributed by atoms with Crippen LogP contribution in [0.1, 0.15) is 42.5 Å². The Bertz CT molecular complexity index is 636. The van der Waals surface area contributed by atoms with Gasteiger partial charge in [0, 0.05) is 0 Å². The molecule has 0 spiro atoms. The van der Waals surface area contributed by atoms with E-state index in [1.54, 1.807) is 7.11 Å². The number of allylic oxidation sites excluding steroid dienone is 1. The van der Waals surface area contributed by atoms with Crippen molar-refractivity contribution in [2.75, 3.05) is 7.11 Å². The van der Waals surface area contributed by atoms with Crippen LogP contribution in [0.15, 0.2) is 48.5 Å². The van der Waals surface area contributed by atoms with Crippen molar-refractivity contribution in [3.05, 3.63) is 70.8 Å². The maximum Gasteiger partial charge on any atom is 0.118 e. The molecule has 0 aromatic heterocycles. The topological polar surface area (TPSA) is 9.23 Å². The van der Waals surface area contributed by atoms with Crippen LogP contribution in [0.5, 0.6) is 5.75 Å². The molecule has 0 fully saturated rings. The Kier molecular flexibility index (Phi) is 6.46. The van der Waals surface area contributed by atoms with Crippen molar-refractivity contribution in [2.24, 2.45) is 5.92 Å². The Balaban J connectivity index is 1.89. The monoisotopic (exact) mass is 308 g/mol. The molecule has 0 aliphatic heterocycles. The van der Waals surface area contributed by atoms with Crippen molar-refractivity contribution >= 4 is 6.08 Å². The van der Waals surface area contributed by atoms with Gasteiger partial charge in [0.05, 0.1) is 7.11 Å². The number of methoxy groups -OCH3 is 1. The minimum Gasteiger partial charge on any atom is -0.497 e. The van der Waals surface area contributed by atoms with Crippen LogP contribution in [-0.2, 0) is 12.8 Å². The highest BCUT2D eigenvalue weighted by molar-refractivity contribution is 5.50. The summed E-state index contributed by atoms with van der Waals surface area (Å²) in [5, 5.41) is 0. The third-order valence-corrected chi connectivity index (χ3v) is 4.06. The summed E-state index contributed by atoms with van der Waals surface area (Å²) in [7, 11) is 1.69. The van der Waals surface area contributed by atoms with E-state index in [0.717, 1.165) is 18.6 Å². The van der Waals surface area contributed by atoms with E-state index in [0.29, 0.717) is 5.92 Å². The summed E-state index contributed by atoms with van der Waals surface area (Å²) in [5.41, 5.74) is 5.54. The maximum atomic E-state index is 5.18. The SMILES string of the molecule is COc1ccc(/C=C/CCc2ccc(CC(C)C)cc2C)cc1. The van der Waals surface area contributed by atoms with E-state index in [-0.39, 0.29) is 0 Å². The minimum atomic E-state index is 0.715. The predicted octanol–water partition coefficient (Wildman–Crippen LogP) is 5.85. The second kappa shape index (κ2) is 8.57. The molecule has 0 unspecified atom stereocenters. The van der Waals surface area contributed by atoms with Gasteiger partial charge in [-0.2, -0.15) is 0 Å². The van der Waals surface area contributed by atoms with Crippen LogP contribution in [0, 0.1) is 12.8 Å². The van der Waals surface area contributed by atoms with Gasteiger partial charge in [0.25, 0.3) is 0 Å². The van der Waals surface area contributed by atoms with Crippen molar-refractivity contribution in [1.29, 1.82) is 0 Å². The molecule has 0 atom stereocenters. The molecule has 0 amide bonds. The molecule has 1 nitrogen and oxygen atoms in total. The molecule has 0 aliphatic rings. The molecule has 0 radical (unpaired) electrons. The summed E-state index contributed by atoms with van der Waals surface area (Å²) in [6, 6.07) is 15.1. The van der Waals surface area contributed by atoms with Crippen molar-refractivity contribution in [3.8, 4) is 5.75 Å². The van der Waals surface area contributed by atoms with Crippen LogP contribution in [0.3, 0.4) is 0 Å². The van der Waals surface area contributed by atoms with Crippen LogP contribution >= 0.6 is 0 Å². The van der Waals surface area contributed by atoms with Crippen molar-refractivity contribution in [3.63, 3.8) is 0 Å². The first kappa shape index (κ1) is 17.3. The summed E-state index contributed by atoms with van der Waals surface area (Å²) in [4.78, 5) is 0. The number of hydrogen-bond donors (Lipinski definition) is 0. The highest BCUT2D eigenvalue weighted by atomic mass is 16.5. The van der Waals surface area contributed by atoms with Gasteiger partial charge in [0.15, 0.2) is 0 Å². The summed E-state index contributed by atoms with van der Waals surface area (Å²) >= 11 is 0. The Morgan fingerprint density at radius 2 is 1.78 bits per heavy atom. The predicted molar refractivity (Wildman–Crippen MR) is 100 cm³/mol. The molecule has 0 aliphatic carbocycles. The Hall–Kier alpha value is -2.02. The summed E-state index contributed by atoms with van der Waals surface area (Å²) in [5.74, 6) is 1.62. The molecule has 0 saturated carbocycles. The van der Waals surface area contributed by atoms with Crippen LogP contribution in [0.2, 0.25) is 0 Å². The highest BCUT2D eigenvalue weighted by Crippen LogP contribution is 2.17. The fourth-order valence-electron chi connectivity index (χ4n) is 2.81. The van der Waals surface area contributed by atoms with Gasteiger partial charge in [-0.05, 0) is 66.5 Å². The molecule has 0 bridgehead atoms. The molecule has 0 saturated heterocycles. The summed E-state index contributed by atoms with van der Waals surface area (Å²) in [6.07, 6.45) is 7.76. The van der Waals surface area contributed by atoms with Crippen LogP contribution < -0.4 is 4.74 Å². The first-order valence-corrected chi connectivity index (χ1v) is 8.47. The normalized spacial score (nSPS) is 11.3. The quantitative estimate of drug-likeness (QED) is 0.623. The number of benzene rings is 2. The molecule has 2 aromatic carbocycles. The Labute approximate surface area is 141 Å². The molecule has 122 valence electrons. The first-order valence-electron chi connectivity index (χ1n) is 8.47. The lowest BCUT2D eigenvalue weighted by Crippen LogP contribution is -1.96. The molecule has 0 N–H and O–H groups in total. The zero-order valence-electron chi connectivity index (χ0n) is 14.8. The van der Waals surface area contributed by atoms with E-state index in [1.165, 1.54) is 28.7 Å². The minimum absolute atomic E-state index is 0.715. The molecule has 1 heteroatoms. The number of rotatable bonds is 7. The van der Waals surface area contributed by atoms with Gasteiger partial charge in [-0.25, -0.2) is 0 Å². The van der Waals surface area contributed by atoms with Crippen molar-refractivity contribution < 1.29 is 4.74 Å². The maximum absolute atomic E-state index is 5.18. The van der Waals surface area contributed by atoms with Gasteiger partial charge in [0.1, 0.15) is 5.75 Å². The lowest BCUT2D eigenvalue weighted by molar-refractivity contribution is 0.415. The molecule has 2 rings (SSSR count). The van der Waals surface area contributed by atoms with E-state index >= 15 is 0 Å². The van der Waals surface area contributed by atoms with E-state index in [4.69, 9.17) is 4.74 Å². The van der Waals surface area contributed by atoms with Gasteiger partial charge >= 0.3 is 0 Å². The van der Waals surface area contributed by atoms with Gasteiger partial charge in [-0.3, -0.25) is 0 Å². The van der Waals surface area contributed by atoms with Gasteiger partial charge in [-0.15, -0.1) is 0 Å². The molecular formula is C22H28O. The number of aryl methyl sites for hydroxylation is 2. The third kappa shape index (κ3) is 5.59.